The van der Waals surface area contributed by atoms with Crippen LogP contribution in [0, 0.1) is 11.8 Å². The molecule has 2 heterocycles. The van der Waals surface area contributed by atoms with Crippen LogP contribution in [-0.2, 0) is 18.3 Å². The summed E-state index contributed by atoms with van der Waals surface area (Å²) in [6.07, 6.45) is 5.59. The van der Waals surface area contributed by atoms with Crippen LogP contribution >= 0.6 is 0 Å². The first-order valence-corrected chi connectivity index (χ1v) is 19.7. The highest BCUT2D eigenvalue weighted by Crippen LogP contribution is 2.46. The van der Waals surface area contributed by atoms with Crippen LogP contribution in [0.4, 0.5) is 0 Å². The molecule has 2 rings (SSSR count). The summed E-state index contributed by atoms with van der Waals surface area (Å²) in [7, 11) is -3.65. The average molecular weight is 529 g/mol. The van der Waals surface area contributed by atoms with Gasteiger partial charge in [-0.2, -0.15) is 0 Å². The van der Waals surface area contributed by atoms with E-state index >= 15 is 0 Å². The van der Waals surface area contributed by atoms with Gasteiger partial charge >= 0.3 is 0 Å². The van der Waals surface area contributed by atoms with Gasteiger partial charge in [0.15, 0.2) is 22.4 Å². The van der Waals surface area contributed by atoms with E-state index < -0.39 is 22.4 Å². The molecule has 4 nitrogen and oxygen atoms in total. The van der Waals surface area contributed by atoms with E-state index in [0.29, 0.717) is 35.1 Å². The van der Waals surface area contributed by atoms with E-state index in [1.54, 1.807) is 0 Å². The van der Waals surface area contributed by atoms with Crippen LogP contribution < -0.4 is 0 Å². The van der Waals surface area contributed by atoms with E-state index in [-0.39, 0.29) is 17.2 Å². The molecule has 2 saturated heterocycles. The molecule has 0 aromatic carbocycles. The van der Waals surface area contributed by atoms with Crippen LogP contribution in [0.3, 0.4) is 0 Å². The van der Waals surface area contributed by atoms with Gasteiger partial charge in [0.05, 0.1) is 18.8 Å². The summed E-state index contributed by atoms with van der Waals surface area (Å²) < 4.78 is 27.2. The minimum atomic E-state index is -1.85. The summed E-state index contributed by atoms with van der Waals surface area (Å²) in [5, 5.41) is 0.213. The third-order valence-corrected chi connectivity index (χ3v) is 20.5. The molecule has 2 fully saturated rings. The van der Waals surface area contributed by atoms with Gasteiger partial charge in [0.25, 0.3) is 0 Å². The summed E-state index contributed by atoms with van der Waals surface area (Å²) in [6.45, 7) is 31.9. The van der Waals surface area contributed by atoms with Crippen LogP contribution in [0.25, 0.3) is 0 Å². The highest BCUT2D eigenvalue weighted by Gasteiger charge is 2.48. The van der Waals surface area contributed by atoms with Crippen LogP contribution in [0.2, 0.25) is 34.8 Å². The SMILES string of the molecule is CC(C)[Si](OCC[C@H]1O[C@]2(CC[C@H](C)[C@H](CO[Si](C)(C)C(C)(C)C)O2)CC[C@@H]1C)(C(C)C)C(C)C. The molecule has 0 saturated carbocycles. The number of rotatable bonds is 10. The smallest absolute Gasteiger partial charge is 0.200 e. The molecule has 2 aliphatic heterocycles. The molecule has 5 atom stereocenters. The average Bonchev–Trinajstić information content (AvgIpc) is 2.73. The lowest BCUT2D eigenvalue weighted by Gasteiger charge is -2.50. The molecule has 2 aliphatic rings. The molecular weight excluding hydrogens is 468 g/mol. The molecule has 6 heteroatoms. The fourth-order valence-electron chi connectivity index (χ4n) is 6.34. The predicted molar refractivity (Wildman–Crippen MR) is 154 cm³/mol. The predicted octanol–water partition coefficient (Wildman–Crippen LogP) is 8.92. The van der Waals surface area contributed by atoms with Crippen molar-refractivity contribution in [2.24, 2.45) is 11.8 Å². The van der Waals surface area contributed by atoms with Gasteiger partial charge in [-0.3, -0.25) is 0 Å². The maximum atomic E-state index is 6.89. The summed E-state index contributed by atoms with van der Waals surface area (Å²) in [5.74, 6) is 0.612. The Hall–Kier alpha value is 0.274. The van der Waals surface area contributed by atoms with Crippen molar-refractivity contribution in [2.75, 3.05) is 13.2 Å². The van der Waals surface area contributed by atoms with Gasteiger partial charge < -0.3 is 18.3 Å². The van der Waals surface area contributed by atoms with Crippen LogP contribution in [0.15, 0.2) is 0 Å². The van der Waals surface area contributed by atoms with Gasteiger partial charge in [-0.1, -0.05) is 76.2 Å². The molecule has 0 aliphatic carbocycles. The van der Waals surface area contributed by atoms with Crippen molar-refractivity contribution >= 4 is 16.6 Å². The molecule has 208 valence electrons. The van der Waals surface area contributed by atoms with Crippen molar-refractivity contribution in [1.82, 2.24) is 0 Å². The monoisotopic (exact) mass is 528 g/mol. The van der Waals surface area contributed by atoms with Crippen LogP contribution in [-0.4, -0.2) is 47.8 Å². The molecule has 0 radical (unpaired) electrons. The van der Waals surface area contributed by atoms with Gasteiger partial charge in [0.2, 0.25) is 0 Å². The lowest BCUT2D eigenvalue weighted by Crippen LogP contribution is -2.54. The minimum Gasteiger partial charge on any atom is -0.416 e. The van der Waals surface area contributed by atoms with Crippen molar-refractivity contribution < 1.29 is 18.3 Å². The van der Waals surface area contributed by atoms with E-state index in [1.807, 2.05) is 0 Å². The first-order chi connectivity index (χ1) is 16.0. The first kappa shape index (κ1) is 31.5. The zero-order valence-electron chi connectivity index (χ0n) is 25.6. The highest BCUT2D eigenvalue weighted by molar-refractivity contribution is 6.77. The Labute approximate surface area is 220 Å². The Morgan fingerprint density at radius 1 is 0.800 bits per heavy atom. The van der Waals surface area contributed by atoms with Crippen molar-refractivity contribution in [3.63, 3.8) is 0 Å². The van der Waals surface area contributed by atoms with E-state index in [4.69, 9.17) is 18.3 Å². The Bertz CT molecular complexity index is 632. The lowest BCUT2D eigenvalue weighted by atomic mass is 9.84. The second-order valence-electron chi connectivity index (χ2n) is 14.3. The summed E-state index contributed by atoms with van der Waals surface area (Å²) >= 11 is 0. The van der Waals surface area contributed by atoms with Crippen molar-refractivity contribution in [1.29, 1.82) is 0 Å². The third kappa shape index (κ3) is 7.23. The van der Waals surface area contributed by atoms with Crippen molar-refractivity contribution in [2.45, 2.75) is 161 Å². The van der Waals surface area contributed by atoms with E-state index in [2.05, 4.69) is 89.3 Å². The van der Waals surface area contributed by atoms with Crippen LogP contribution in [0.5, 0.6) is 0 Å². The molecule has 0 bridgehead atoms. The molecule has 0 N–H and O–H groups in total. The Balaban J connectivity index is 2.04. The minimum absolute atomic E-state index is 0.117. The Morgan fingerprint density at radius 3 is 1.71 bits per heavy atom. The van der Waals surface area contributed by atoms with Gasteiger partial charge in [0.1, 0.15) is 0 Å². The summed E-state index contributed by atoms with van der Waals surface area (Å²) in [5.41, 5.74) is 1.84. The lowest BCUT2D eigenvalue weighted by molar-refractivity contribution is -0.334. The quantitative estimate of drug-likeness (QED) is 0.265. The Kier molecular flexibility index (Phi) is 10.8. The second-order valence-corrected chi connectivity index (χ2v) is 24.6. The number of hydrogen-bond donors (Lipinski definition) is 0. The standard InChI is InChI=1S/C29H60O4Si2/c1-21(2)35(22(3)4,23(5)6)30-19-16-26-24(7)14-17-29(32-26)18-15-25(8)27(33-29)20-31-34(12,13)28(9,10)11/h21-27H,14-20H2,1-13H3/t24-,25-,26+,27-,29+/m0/s1. The van der Waals surface area contributed by atoms with Gasteiger partial charge in [0, 0.05) is 19.4 Å². The van der Waals surface area contributed by atoms with E-state index in [1.165, 1.54) is 0 Å². The zero-order chi connectivity index (χ0) is 26.8. The fourth-order valence-corrected chi connectivity index (χ4v) is 12.8. The van der Waals surface area contributed by atoms with E-state index in [0.717, 1.165) is 38.7 Å². The second kappa shape index (κ2) is 12.0. The zero-order valence-corrected chi connectivity index (χ0v) is 27.6. The highest BCUT2D eigenvalue weighted by atomic mass is 28.4. The van der Waals surface area contributed by atoms with Crippen molar-refractivity contribution in [3.8, 4) is 0 Å². The molecule has 0 aromatic rings. The maximum Gasteiger partial charge on any atom is 0.200 e. The maximum absolute atomic E-state index is 6.89. The number of ether oxygens (including phenoxy) is 2. The van der Waals surface area contributed by atoms with E-state index in [9.17, 15) is 0 Å². The van der Waals surface area contributed by atoms with Crippen molar-refractivity contribution in [3.05, 3.63) is 0 Å². The van der Waals surface area contributed by atoms with Gasteiger partial charge in [-0.25, -0.2) is 0 Å². The van der Waals surface area contributed by atoms with Crippen LogP contribution in [0.1, 0.15) is 108 Å². The molecule has 1 spiro atoms. The van der Waals surface area contributed by atoms with Gasteiger partial charge in [-0.15, -0.1) is 0 Å². The summed E-state index contributed by atoms with van der Waals surface area (Å²) in [6, 6.07) is 0. The largest absolute Gasteiger partial charge is 0.416 e. The topological polar surface area (TPSA) is 36.9 Å². The molecule has 0 aromatic heterocycles. The number of hydrogen-bond acceptors (Lipinski definition) is 4. The molecule has 0 amide bonds. The molecular formula is C29H60O4Si2. The molecule has 35 heavy (non-hydrogen) atoms. The fraction of sp³-hybridized carbons (Fsp3) is 1.00. The van der Waals surface area contributed by atoms with Gasteiger partial charge in [-0.05, 0) is 65.9 Å². The summed E-state index contributed by atoms with van der Waals surface area (Å²) in [4.78, 5) is 0. The molecule has 0 unspecified atom stereocenters. The Morgan fingerprint density at radius 2 is 1.26 bits per heavy atom. The third-order valence-electron chi connectivity index (χ3n) is 9.84. The first-order valence-electron chi connectivity index (χ1n) is 14.6. The normalized spacial score (nSPS) is 31.2.